The number of carbonyl (C=O) groups excluding carboxylic acids is 1. The predicted molar refractivity (Wildman–Crippen MR) is 70.2 cm³/mol. The van der Waals surface area contributed by atoms with E-state index in [1.165, 1.54) is 0 Å². The van der Waals surface area contributed by atoms with Gasteiger partial charge < -0.3 is 29.5 Å². The zero-order valence-electron chi connectivity index (χ0n) is 12.0. The standard InChI is InChI=1S/C13H20O9/c14-10(15)6-13(19,12(17)18)7-11(16)22-5-4-20-8-9-2-1-3-21-9/h9,19H,1-8H2,(H,14,15)(H,17,18). The van der Waals surface area contributed by atoms with E-state index in [-0.39, 0.29) is 19.3 Å². The second-order valence-electron chi connectivity index (χ2n) is 5.01. The third kappa shape index (κ3) is 6.37. The van der Waals surface area contributed by atoms with Crippen LogP contribution in [0.15, 0.2) is 0 Å². The first-order chi connectivity index (χ1) is 10.3. The maximum Gasteiger partial charge on any atom is 0.336 e. The van der Waals surface area contributed by atoms with E-state index in [0.29, 0.717) is 13.2 Å². The first-order valence-corrected chi connectivity index (χ1v) is 6.86. The lowest BCUT2D eigenvalue weighted by atomic mass is 9.96. The summed E-state index contributed by atoms with van der Waals surface area (Å²) >= 11 is 0. The van der Waals surface area contributed by atoms with E-state index >= 15 is 0 Å². The van der Waals surface area contributed by atoms with Crippen LogP contribution in [-0.4, -0.2) is 71.4 Å². The number of carbonyl (C=O) groups is 3. The van der Waals surface area contributed by atoms with Crippen LogP contribution < -0.4 is 0 Å². The van der Waals surface area contributed by atoms with Crippen molar-refractivity contribution < 1.29 is 43.9 Å². The highest BCUT2D eigenvalue weighted by molar-refractivity contribution is 5.88. The Kier molecular flexibility index (Phi) is 7.22. The lowest BCUT2D eigenvalue weighted by molar-refractivity contribution is -0.172. The Bertz CT molecular complexity index is 402. The molecule has 2 unspecified atom stereocenters. The van der Waals surface area contributed by atoms with Gasteiger partial charge in [-0.15, -0.1) is 0 Å². The molecule has 1 heterocycles. The number of carboxylic acid groups (broad SMARTS) is 2. The van der Waals surface area contributed by atoms with E-state index < -0.39 is 36.4 Å². The fraction of sp³-hybridized carbons (Fsp3) is 0.769. The molecule has 9 nitrogen and oxygen atoms in total. The molecule has 0 amide bonds. The lowest BCUT2D eigenvalue weighted by Gasteiger charge is -2.20. The minimum absolute atomic E-state index is 0.0448. The van der Waals surface area contributed by atoms with Crippen molar-refractivity contribution in [2.75, 3.05) is 26.4 Å². The SMILES string of the molecule is O=C(O)CC(O)(CC(=O)OCCOCC1CCCO1)C(=O)O. The van der Waals surface area contributed by atoms with Gasteiger partial charge in [0, 0.05) is 6.61 Å². The average molecular weight is 320 g/mol. The van der Waals surface area contributed by atoms with Crippen LogP contribution >= 0.6 is 0 Å². The van der Waals surface area contributed by atoms with Gasteiger partial charge in [-0.1, -0.05) is 0 Å². The monoisotopic (exact) mass is 320 g/mol. The Balaban J connectivity index is 2.22. The second-order valence-corrected chi connectivity index (χ2v) is 5.01. The quantitative estimate of drug-likeness (QED) is 0.355. The molecule has 1 rings (SSSR count). The third-order valence-corrected chi connectivity index (χ3v) is 3.10. The largest absolute Gasteiger partial charge is 0.481 e. The number of aliphatic hydroxyl groups is 1. The summed E-state index contributed by atoms with van der Waals surface area (Å²) in [4.78, 5) is 32.8. The van der Waals surface area contributed by atoms with Gasteiger partial charge in [0.1, 0.15) is 6.61 Å². The topological polar surface area (TPSA) is 140 Å². The van der Waals surface area contributed by atoms with E-state index in [2.05, 4.69) is 0 Å². The molecule has 9 heteroatoms. The molecule has 0 spiro atoms. The molecule has 1 fully saturated rings. The van der Waals surface area contributed by atoms with E-state index in [9.17, 15) is 19.5 Å². The fourth-order valence-corrected chi connectivity index (χ4v) is 1.96. The fourth-order valence-electron chi connectivity index (χ4n) is 1.96. The molecule has 1 saturated heterocycles. The van der Waals surface area contributed by atoms with Crippen LogP contribution in [-0.2, 0) is 28.6 Å². The van der Waals surface area contributed by atoms with Crippen LogP contribution in [0.3, 0.4) is 0 Å². The molecule has 0 radical (unpaired) electrons. The summed E-state index contributed by atoms with van der Waals surface area (Å²) in [6, 6.07) is 0. The lowest BCUT2D eigenvalue weighted by Crippen LogP contribution is -2.43. The van der Waals surface area contributed by atoms with Gasteiger partial charge >= 0.3 is 17.9 Å². The summed E-state index contributed by atoms with van der Waals surface area (Å²) < 4.78 is 15.3. The van der Waals surface area contributed by atoms with Crippen molar-refractivity contribution in [1.82, 2.24) is 0 Å². The van der Waals surface area contributed by atoms with E-state index in [0.717, 1.165) is 12.8 Å². The molecule has 126 valence electrons. The van der Waals surface area contributed by atoms with Gasteiger partial charge in [-0.25, -0.2) is 4.79 Å². The smallest absolute Gasteiger partial charge is 0.336 e. The molecule has 0 bridgehead atoms. The zero-order chi connectivity index (χ0) is 16.6. The summed E-state index contributed by atoms with van der Waals surface area (Å²) in [5.41, 5.74) is -2.68. The summed E-state index contributed by atoms with van der Waals surface area (Å²) in [6.45, 7) is 1.08. The van der Waals surface area contributed by atoms with Crippen molar-refractivity contribution in [1.29, 1.82) is 0 Å². The molecular formula is C13H20O9. The molecule has 0 aromatic carbocycles. The maximum atomic E-state index is 11.4. The van der Waals surface area contributed by atoms with Crippen molar-refractivity contribution in [3.05, 3.63) is 0 Å². The molecular weight excluding hydrogens is 300 g/mol. The summed E-state index contributed by atoms with van der Waals surface area (Å²) in [7, 11) is 0. The molecule has 0 aromatic rings. The maximum absolute atomic E-state index is 11.4. The Morgan fingerprint density at radius 2 is 1.91 bits per heavy atom. The highest BCUT2D eigenvalue weighted by atomic mass is 16.6. The highest BCUT2D eigenvalue weighted by Gasteiger charge is 2.41. The predicted octanol–water partition coefficient (Wildman–Crippen LogP) is -0.594. The first kappa shape index (κ1) is 18.3. The van der Waals surface area contributed by atoms with Gasteiger partial charge in [-0.2, -0.15) is 0 Å². The number of ether oxygens (including phenoxy) is 3. The van der Waals surface area contributed by atoms with Gasteiger partial charge in [-0.3, -0.25) is 9.59 Å². The van der Waals surface area contributed by atoms with Crippen LogP contribution in [0.25, 0.3) is 0 Å². The first-order valence-electron chi connectivity index (χ1n) is 6.86. The summed E-state index contributed by atoms with van der Waals surface area (Å²) in [5, 5.41) is 27.0. The van der Waals surface area contributed by atoms with E-state index in [1.807, 2.05) is 0 Å². The summed E-state index contributed by atoms with van der Waals surface area (Å²) in [6.07, 6.45) is -0.0859. The van der Waals surface area contributed by atoms with Crippen molar-refractivity contribution >= 4 is 17.9 Å². The van der Waals surface area contributed by atoms with Crippen LogP contribution in [0.4, 0.5) is 0 Å². The number of carboxylic acids is 2. The number of esters is 1. The highest BCUT2D eigenvalue weighted by Crippen LogP contribution is 2.17. The van der Waals surface area contributed by atoms with Crippen molar-refractivity contribution in [3.8, 4) is 0 Å². The third-order valence-electron chi connectivity index (χ3n) is 3.10. The molecule has 1 aliphatic heterocycles. The minimum Gasteiger partial charge on any atom is -0.481 e. The zero-order valence-corrected chi connectivity index (χ0v) is 12.0. The molecule has 2 atom stereocenters. The van der Waals surface area contributed by atoms with Crippen LogP contribution in [0.1, 0.15) is 25.7 Å². The Hall–Kier alpha value is -1.71. The molecule has 0 aromatic heterocycles. The number of aliphatic carboxylic acids is 2. The molecule has 0 saturated carbocycles. The van der Waals surface area contributed by atoms with E-state index in [4.69, 9.17) is 24.4 Å². The van der Waals surface area contributed by atoms with Gasteiger partial charge in [0.15, 0.2) is 5.60 Å². The number of hydrogen-bond donors (Lipinski definition) is 3. The minimum atomic E-state index is -2.68. The molecule has 0 aliphatic carbocycles. The van der Waals surface area contributed by atoms with E-state index in [1.54, 1.807) is 0 Å². The second kappa shape index (κ2) is 8.66. The van der Waals surface area contributed by atoms with Crippen LogP contribution in [0.2, 0.25) is 0 Å². The average Bonchev–Trinajstić information content (AvgIpc) is 2.90. The Morgan fingerprint density at radius 1 is 1.18 bits per heavy atom. The number of rotatable bonds is 10. The molecule has 1 aliphatic rings. The Morgan fingerprint density at radius 3 is 2.45 bits per heavy atom. The van der Waals surface area contributed by atoms with Gasteiger partial charge in [0.25, 0.3) is 0 Å². The summed E-state index contributed by atoms with van der Waals surface area (Å²) in [5.74, 6) is -4.33. The normalized spacial score (nSPS) is 20.3. The molecule has 3 N–H and O–H groups in total. The van der Waals surface area contributed by atoms with Crippen LogP contribution in [0.5, 0.6) is 0 Å². The van der Waals surface area contributed by atoms with Crippen molar-refractivity contribution in [3.63, 3.8) is 0 Å². The number of hydrogen-bond acceptors (Lipinski definition) is 7. The van der Waals surface area contributed by atoms with Crippen molar-refractivity contribution in [2.24, 2.45) is 0 Å². The van der Waals surface area contributed by atoms with Crippen molar-refractivity contribution in [2.45, 2.75) is 37.4 Å². The van der Waals surface area contributed by atoms with Gasteiger partial charge in [0.2, 0.25) is 0 Å². The van der Waals surface area contributed by atoms with Gasteiger partial charge in [0.05, 0.1) is 32.2 Å². The van der Waals surface area contributed by atoms with Gasteiger partial charge in [-0.05, 0) is 12.8 Å². The van der Waals surface area contributed by atoms with Crippen LogP contribution in [0, 0.1) is 0 Å². The Labute approximate surface area is 126 Å². The molecule has 22 heavy (non-hydrogen) atoms.